The van der Waals surface area contributed by atoms with Gasteiger partial charge in [0.2, 0.25) is 0 Å². The Bertz CT molecular complexity index is 544. The zero-order valence-corrected chi connectivity index (χ0v) is 11.8. The fourth-order valence-corrected chi connectivity index (χ4v) is 1.93. The summed E-state index contributed by atoms with van der Waals surface area (Å²) in [6, 6.07) is 15.8. The Morgan fingerprint density at radius 1 is 0.850 bits per heavy atom. The average Bonchev–Trinajstić information content (AvgIpc) is 2.52. The van der Waals surface area contributed by atoms with Crippen molar-refractivity contribution in [3.63, 3.8) is 0 Å². The SMILES string of the molecule is COc1cccc(NCCNc2ccccc2OC)c1. The normalized spacial score (nSPS) is 9.90. The van der Waals surface area contributed by atoms with E-state index >= 15 is 0 Å². The minimum absolute atomic E-state index is 0.803. The number of hydrogen-bond donors (Lipinski definition) is 2. The number of hydrogen-bond acceptors (Lipinski definition) is 4. The van der Waals surface area contributed by atoms with Crippen LogP contribution in [-0.4, -0.2) is 27.3 Å². The van der Waals surface area contributed by atoms with Crippen molar-refractivity contribution in [3.05, 3.63) is 48.5 Å². The van der Waals surface area contributed by atoms with Gasteiger partial charge in [0.15, 0.2) is 0 Å². The van der Waals surface area contributed by atoms with E-state index in [1.54, 1.807) is 14.2 Å². The van der Waals surface area contributed by atoms with Crippen LogP contribution in [0.3, 0.4) is 0 Å². The summed E-state index contributed by atoms with van der Waals surface area (Å²) in [5.41, 5.74) is 2.05. The first kappa shape index (κ1) is 14.1. The van der Waals surface area contributed by atoms with Gasteiger partial charge in [0.05, 0.1) is 19.9 Å². The summed E-state index contributed by atoms with van der Waals surface area (Å²) < 4.78 is 10.5. The van der Waals surface area contributed by atoms with Crippen molar-refractivity contribution in [2.75, 3.05) is 37.9 Å². The molecule has 2 aromatic carbocycles. The van der Waals surface area contributed by atoms with Crippen molar-refractivity contribution in [1.29, 1.82) is 0 Å². The van der Waals surface area contributed by atoms with Crippen LogP contribution in [0.1, 0.15) is 0 Å². The lowest BCUT2D eigenvalue weighted by atomic mass is 10.3. The molecule has 20 heavy (non-hydrogen) atoms. The Labute approximate surface area is 119 Å². The van der Waals surface area contributed by atoms with E-state index < -0.39 is 0 Å². The first-order chi connectivity index (χ1) is 9.83. The van der Waals surface area contributed by atoms with Crippen molar-refractivity contribution < 1.29 is 9.47 Å². The van der Waals surface area contributed by atoms with Crippen LogP contribution in [0.4, 0.5) is 11.4 Å². The molecule has 0 aliphatic carbocycles. The maximum absolute atomic E-state index is 5.29. The highest BCUT2D eigenvalue weighted by Gasteiger charge is 2.00. The second-order valence-corrected chi connectivity index (χ2v) is 4.29. The quantitative estimate of drug-likeness (QED) is 0.759. The van der Waals surface area contributed by atoms with Crippen molar-refractivity contribution in [3.8, 4) is 11.5 Å². The van der Waals surface area contributed by atoms with E-state index in [1.165, 1.54) is 0 Å². The summed E-state index contributed by atoms with van der Waals surface area (Å²) in [5, 5.41) is 6.69. The van der Waals surface area contributed by atoms with E-state index in [4.69, 9.17) is 9.47 Å². The highest BCUT2D eigenvalue weighted by Crippen LogP contribution is 2.22. The van der Waals surface area contributed by atoms with Gasteiger partial charge in [-0.25, -0.2) is 0 Å². The molecule has 0 atom stereocenters. The van der Waals surface area contributed by atoms with Crippen LogP contribution < -0.4 is 20.1 Å². The monoisotopic (exact) mass is 272 g/mol. The van der Waals surface area contributed by atoms with Gasteiger partial charge in [-0.05, 0) is 24.3 Å². The van der Waals surface area contributed by atoms with Crippen molar-refractivity contribution in [2.24, 2.45) is 0 Å². The predicted molar refractivity (Wildman–Crippen MR) is 83.0 cm³/mol. The second kappa shape index (κ2) is 7.28. The van der Waals surface area contributed by atoms with E-state index in [0.717, 1.165) is 36.0 Å². The molecule has 0 amide bonds. The standard InChI is InChI=1S/C16H20N2O2/c1-19-14-7-5-6-13(12-14)17-10-11-18-15-8-3-4-9-16(15)20-2/h3-9,12,17-18H,10-11H2,1-2H3. The fraction of sp³-hybridized carbons (Fsp3) is 0.250. The van der Waals surface area contributed by atoms with Gasteiger partial charge in [-0.15, -0.1) is 0 Å². The van der Waals surface area contributed by atoms with Gasteiger partial charge in [0.25, 0.3) is 0 Å². The van der Waals surface area contributed by atoms with Crippen LogP contribution in [0, 0.1) is 0 Å². The molecule has 2 aromatic rings. The van der Waals surface area contributed by atoms with E-state index in [9.17, 15) is 0 Å². The van der Waals surface area contributed by atoms with Gasteiger partial charge in [-0.1, -0.05) is 18.2 Å². The summed E-state index contributed by atoms with van der Waals surface area (Å²) in [6.07, 6.45) is 0. The van der Waals surface area contributed by atoms with E-state index in [0.29, 0.717) is 0 Å². The molecule has 4 heteroatoms. The largest absolute Gasteiger partial charge is 0.497 e. The van der Waals surface area contributed by atoms with E-state index in [-0.39, 0.29) is 0 Å². The maximum Gasteiger partial charge on any atom is 0.141 e. The minimum atomic E-state index is 0.803. The molecule has 0 radical (unpaired) electrons. The number of rotatable bonds is 7. The van der Waals surface area contributed by atoms with Crippen LogP contribution in [0.25, 0.3) is 0 Å². The van der Waals surface area contributed by atoms with Gasteiger partial charge >= 0.3 is 0 Å². The average molecular weight is 272 g/mol. The molecule has 0 saturated carbocycles. The molecule has 0 heterocycles. The Morgan fingerprint density at radius 2 is 1.65 bits per heavy atom. The molecular formula is C16H20N2O2. The van der Waals surface area contributed by atoms with Crippen molar-refractivity contribution in [2.45, 2.75) is 0 Å². The Balaban J connectivity index is 1.81. The van der Waals surface area contributed by atoms with Crippen LogP contribution in [0.2, 0.25) is 0 Å². The van der Waals surface area contributed by atoms with Gasteiger partial charge in [-0.2, -0.15) is 0 Å². The van der Waals surface area contributed by atoms with E-state index in [1.807, 2.05) is 48.5 Å². The first-order valence-corrected chi connectivity index (χ1v) is 6.58. The molecule has 4 nitrogen and oxygen atoms in total. The number of anilines is 2. The first-order valence-electron chi connectivity index (χ1n) is 6.58. The Kier molecular flexibility index (Phi) is 5.12. The molecule has 0 fully saturated rings. The summed E-state index contributed by atoms with van der Waals surface area (Å²) in [4.78, 5) is 0. The number of benzene rings is 2. The zero-order chi connectivity index (χ0) is 14.2. The predicted octanol–water partition coefficient (Wildman–Crippen LogP) is 3.23. The summed E-state index contributed by atoms with van der Waals surface area (Å²) in [5.74, 6) is 1.71. The number of para-hydroxylation sites is 2. The molecular weight excluding hydrogens is 252 g/mol. The third-order valence-electron chi connectivity index (χ3n) is 2.95. The molecule has 2 rings (SSSR count). The topological polar surface area (TPSA) is 42.5 Å². The van der Waals surface area contributed by atoms with Crippen LogP contribution in [0.5, 0.6) is 11.5 Å². The van der Waals surface area contributed by atoms with Gasteiger partial charge in [-0.3, -0.25) is 0 Å². The third kappa shape index (κ3) is 3.82. The van der Waals surface area contributed by atoms with Gasteiger partial charge < -0.3 is 20.1 Å². The van der Waals surface area contributed by atoms with Gasteiger partial charge in [0.1, 0.15) is 11.5 Å². The minimum Gasteiger partial charge on any atom is -0.497 e. The molecule has 0 aliphatic heterocycles. The molecule has 0 bridgehead atoms. The van der Waals surface area contributed by atoms with E-state index in [2.05, 4.69) is 10.6 Å². The Hall–Kier alpha value is -2.36. The Morgan fingerprint density at radius 3 is 2.45 bits per heavy atom. The molecule has 0 aromatic heterocycles. The molecule has 2 N–H and O–H groups in total. The van der Waals surface area contributed by atoms with Gasteiger partial charge in [0, 0.05) is 24.8 Å². The third-order valence-corrected chi connectivity index (χ3v) is 2.95. The molecule has 0 unspecified atom stereocenters. The zero-order valence-electron chi connectivity index (χ0n) is 11.8. The number of ether oxygens (including phenoxy) is 2. The fourth-order valence-electron chi connectivity index (χ4n) is 1.93. The second-order valence-electron chi connectivity index (χ2n) is 4.29. The lowest BCUT2D eigenvalue weighted by Crippen LogP contribution is -2.14. The summed E-state index contributed by atoms with van der Waals surface area (Å²) in [7, 11) is 3.34. The lowest BCUT2D eigenvalue weighted by molar-refractivity contribution is 0.415. The number of nitrogens with one attached hydrogen (secondary N) is 2. The molecule has 0 saturated heterocycles. The lowest BCUT2D eigenvalue weighted by Gasteiger charge is -2.12. The van der Waals surface area contributed by atoms with Crippen molar-refractivity contribution in [1.82, 2.24) is 0 Å². The molecule has 0 aliphatic rings. The van der Waals surface area contributed by atoms with Crippen LogP contribution in [-0.2, 0) is 0 Å². The van der Waals surface area contributed by atoms with Crippen LogP contribution >= 0.6 is 0 Å². The van der Waals surface area contributed by atoms with Crippen molar-refractivity contribution >= 4 is 11.4 Å². The number of methoxy groups -OCH3 is 2. The highest BCUT2D eigenvalue weighted by atomic mass is 16.5. The molecule has 106 valence electrons. The summed E-state index contributed by atoms with van der Waals surface area (Å²) in [6.45, 7) is 1.61. The van der Waals surface area contributed by atoms with Crippen LogP contribution in [0.15, 0.2) is 48.5 Å². The smallest absolute Gasteiger partial charge is 0.141 e. The summed E-state index contributed by atoms with van der Waals surface area (Å²) >= 11 is 0. The maximum atomic E-state index is 5.29. The highest BCUT2D eigenvalue weighted by molar-refractivity contribution is 5.56. The molecule has 0 spiro atoms.